The second-order valence-electron chi connectivity index (χ2n) is 4.36. The molecule has 1 N–H and O–H groups in total. The highest BCUT2D eigenvalue weighted by Gasteiger charge is 2.14. The third-order valence-corrected chi connectivity index (χ3v) is 3.15. The molecule has 0 radical (unpaired) electrons. The SMILES string of the molecule is CCn1ncnc1CC(CNC)c1ccccc1. The second-order valence-corrected chi connectivity index (χ2v) is 4.36. The number of rotatable bonds is 6. The first-order chi connectivity index (χ1) is 8.85. The first kappa shape index (κ1) is 12.8. The Balaban J connectivity index is 2.16. The first-order valence-electron chi connectivity index (χ1n) is 6.41. The van der Waals surface area contributed by atoms with Crippen molar-refractivity contribution in [2.45, 2.75) is 25.8 Å². The van der Waals surface area contributed by atoms with Crippen LogP contribution < -0.4 is 5.32 Å². The highest BCUT2D eigenvalue weighted by Crippen LogP contribution is 2.19. The predicted molar refractivity (Wildman–Crippen MR) is 72.5 cm³/mol. The molecule has 18 heavy (non-hydrogen) atoms. The molecular weight excluding hydrogens is 224 g/mol. The van der Waals surface area contributed by atoms with E-state index in [2.05, 4.69) is 52.7 Å². The number of hydrogen-bond donors (Lipinski definition) is 1. The quantitative estimate of drug-likeness (QED) is 0.843. The topological polar surface area (TPSA) is 42.7 Å². The van der Waals surface area contributed by atoms with Crippen LogP contribution in [0.2, 0.25) is 0 Å². The van der Waals surface area contributed by atoms with Gasteiger partial charge in [0.05, 0.1) is 0 Å². The molecule has 0 spiro atoms. The number of likely N-dealkylation sites (N-methyl/N-ethyl adjacent to an activating group) is 1. The minimum atomic E-state index is 0.436. The van der Waals surface area contributed by atoms with Gasteiger partial charge in [-0.05, 0) is 19.5 Å². The van der Waals surface area contributed by atoms with Gasteiger partial charge < -0.3 is 5.32 Å². The number of benzene rings is 1. The Morgan fingerprint density at radius 3 is 2.72 bits per heavy atom. The van der Waals surface area contributed by atoms with Crippen LogP contribution in [0.4, 0.5) is 0 Å². The van der Waals surface area contributed by atoms with Gasteiger partial charge in [0.15, 0.2) is 0 Å². The maximum absolute atomic E-state index is 4.36. The van der Waals surface area contributed by atoms with Crippen LogP contribution in [0.5, 0.6) is 0 Å². The molecule has 0 saturated carbocycles. The fourth-order valence-corrected chi connectivity index (χ4v) is 2.21. The van der Waals surface area contributed by atoms with Crippen LogP contribution in [-0.2, 0) is 13.0 Å². The van der Waals surface area contributed by atoms with Crippen molar-refractivity contribution in [1.29, 1.82) is 0 Å². The molecule has 0 aliphatic rings. The number of aryl methyl sites for hydroxylation is 1. The van der Waals surface area contributed by atoms with Gasteiger partial charge in [-0.2, -0.15) is 5.10 Å². The lowest BCUT2D eigenvalue weighted by Gasteiger charge is -2.16. The molecule has 2 rings (SSSR count). The van der Waals surface area contributed by atoms with Crippen molar-refractivity contribution in [3.8, 4) is 0 Å². The second kappa shape index (κ2) is 6.31. The van der Waals surface area contributed by atoms with E-state index in [9.17, 15) is 0 Å². The van der Waals surface area contributed by atoms with E-state index in [1.54, 1.807) is 6.33 Å². The first-order valence-corrected chi connectivity index (χ1v) is 6.41. The zero-order valence-corrected chi connectivity index (χ0v) is 11.0. The summed E-state index contributed by atoms with van der Waals surface area (Å²) in [6, 6.07) is 10.6. The number of nitrogens with one attached hydrogen (secondary N) is 1. The van der Waals surface area contributed by atoms with Crippen LogP contribution in [0.25, 0.3) is 0 Å². The number of hydrogen-bond acceptors (Lipinski definition) is 3. The maximum Gasteiger partial charge on any atom is 0.138 e. The predicted octanol–water partition coefficient (Wildman–Crippen LogP) is 1.84. The Kier molecular flexibility index (Phi) is 4.47. The van der Waals surface area contributed by atoms with Crippen molar-refractivity contribution >= 4 is 0 Å². The summed E-state index contributed by atoms with van der Waals surface area (Å²) >= 11 is 0. The summed E-state index contributed by atoms with van der Waals surface area (Å²) < 4.78 is 1.96. The lowest BCUT2D eigenvalue weighted by molar-refractivity contribution is 0.556. The summed E-state index contributed by atoms with van der Waals surface area (Å²) in [5.74, 6) is 1.49. The molecular formula is C14H20N4. The molecule has 0 aliphatic carbocycles. The van der Waals surface area contributed by atoms with Gasteiger partial charge in [0, 0.05) is 25.4 Å². The van der Waals surface area contributed by atoms with E-state index in [0.29, 0.717) is 5.92 Å². The molecule has 96 valence electrons. The molecule has 0 fully saturated rings. The standard InChI is InChI=1S/C14H20N4/c1-3-18-14(16-11-17-18)9-13(10-15-2)12-7-5-4-6-8-12/h4-8,11,13,15H,3,9-10H2,1-2H3. The fourth-order valence-electron chi connectivity index (χ4n) is 2.21. The highest BCUT2D eigenvalue weighted by atomic mass is 15.3. The molecule has 0 amide bonds. The van der Waals surface area contributed by atoms with Crippen LogP contribution >= 0.6 is 0 Å². The Hall–Kier alpha value is -1.68. The van der Waals surface area contributed by atoms with Crippen LogP contribution in [-0.4, -0.2) is 28.4 Å². The summed E-state index contributed by atoms with van der Waals surface area (Å²) in [7, 11) is 1.99. The Morgan fingerprint density at radius 1 is 1.28 bits per heavy atom. The molecule has 1 aromatic heterocycles. The summed E-state index contributed by atoms with van der Waals surface area (Å²) in [5.41, 5.74) is 1.34. The number of aromatic nitrogens is 3. The summed E-state index contributed by atoms with van der Waals surface area (Å²) in [4.78, 5) is 4.36. The van der Waals surface area contributed by atoms with Crippen LogP contribution in [0.1, 0.15) is 24.2 Å². The minimum Gasteiger partial charge on any atom is -0.319 e. The van der Waals surface area contributed by atoms with Crippen molar-refractivity contribution in [3.63, 3.8) is 0 Å². The smallest absolute Gasteiger partial charge is 0.138 e. The largest absolute Gasteiger partial charge is 0.319 e. The van der Waals surface area contributed by atoms with Crippen molar-refractivity contribution in [3.05, 3.63) is 48.0 Å². The fraction of sp³-hybridized carbons (Fsp3) is 0.429. The molecule has 4 heteroatoms. The molecule has 0 aliphatic heterocycles. The van der Waals surface area contributed by atoms with Crippen molar-refractivity contribution in [1.82, 2.24) is 20.1 Å². The lowest BCUT2D eigenvalue weighted by atomic mass is 9.95. The van der Waals surface area contributed by atoms with Gasteiger partial charge in [0.25, 0.3) is 0 Å². The average molecular weight is 244 g/mol. The van der Waals surface area contributed by atoms with Gasteiger partial charge in [0.2, 0.25) is 0 Å². The van der Waals surface area contributed by atoms with E-state index in [1.807, 2.05) is 11.7 Å². The summed E-state index contributed by atoms with van der Waals surface area (Å²) in [6.07, 6.45) is 2.55. The van der Waals surface area contributed by atoms with Crippen molar-refractivity contribution in [2.24, 2.45) is 0 Å². The van der Waals surface area contributed by atoms with E-state index in [0.717, 1.165) is 25.3 Å². The third kappa shape index (κ3) is 2.96. The van der Waals surface area contributed by atoms with E-state index in [4.69, 9.17) is 0 Å². The van der Waals surface area contributed by atoms with Gasteiger partial charge in [-0.3, -0.25) is 4.68 Å². The molecule has 0 bridgehead atoms. The van der Waals surface area contributed by atoms with E-state index < -0.39 is 0 Å². The highest BCUT2D eigenvalue weighted by molar-refractivity contribution is 5.21. The molecule has 0 saturated heterocycles. The van der Waals surface area contributed by atoms with Crippen molar-refractivity contribution < 1.29 is 0 Å². The van der Waals surface area contributed by atoms with E-state index >= 15 is 0 Å². The summed E-state index contributed by atoms with van der Waals surface area (Å²) in [5, 5.41) is 7.49. The molecule has 2 aromatic rings. The number of nitrogens with zero attached hydrogens (tertiary/aromatic N) is 3. The van der Waals surface area contributed by atoms with Crippen LogP contribution in [0.3, 0.4) is 0 Å². The van der Waals surface area contributed by atoms with Gasteiger partial charge in [0.1, 0.15) is 12.2 Å². The van der Waals surface area contributed by atoms with Gasteiger partial charge in [-0.25, -0.2) is 4.98 Å². The molecule has 1 aromatic carbocycles. The monoisotopic (exact) mass is 244 g/mol. The summed E-state index contributed by atoms with van der Waals surface area (Å²) in [6.45, 7) is 3.91. The minimum absolute atomic E-state index is 0.436. The molecule has 1 atom stereocenters. The lowest BCUT2D eigenvalue weighted by Crippen LogP contribution is -2.20. The Labute approximate surface area is 108 Å². The van der Waals surface area contributed by atoms with E-state index in [1.165, 1.54) is 5.56 Å². The Bertz CT molecular complexity index is 464. The van der Waals surface area contributed by atoms with Gasteiger partial charge in [-0.1, -0.05) is 30.3 Å². The van der Waals surface area contributed by atoms with Gasteiger partial charge in [-0.15, -0.1) is 0 Å². The average Bonchev–Trinajstić information content (AvgIpc) is 2.86. The third-order valence-electron chi connectivity index (χ3n) is 3.15. The van der Waals surface area contributed by atoms with Crippen molar-refractivity contribution in [2.75, 3.05) is 13.6 Å². The van der Waals surface area contributed by atoms with Gasteiger partial charge >= 0.3 is 0 Å². The maximum atomic E-state index is 4.36. The Morgan fingerprint density at radius 2 is 2.06 bits per heavy atom. The molecule has 4 nitrogen and oxygen atoms in total. The normalized spacial score (nSPS) is 12.6. The van der Waals surface area contributed by atoms with Crippen LogP contribution in [0, 0.1) is 0 Å². The van der Waals surface area contributed by atoms with Crippen LogP contribution in [0.15, 0.2) is 36.7 Å². The van der Waals surface area contributed by atoms with E-state index in [-0.39, 0.29) is 0 Å². The molecule has 1 unspecified atom stereocenters. The zero-order chi connectivity index (χ0) is 12.8. The zero-order valence-electron chi connectivity index (χ0n) is 11.0. The molecule has 1 heterocycles.